The summed E-state index contributed by atoms with van der Waals surface area (Å²) in [5.74, 6) is -0.907. The van der Waals surface area contributed by atoms with Gasteiger partial charge in [-0.1, -0.05) is 58.4 Å². The van der Waals surface area contributed by atoms with Gasteiger partial charge in [-0.2, -0.15) is 0 Å². The van der Waals surface area contributed by atoms with Gasteiger partial charge >= 0.3 is 0 Å². The molecule has 3 aromatic rings. The van der Waals surface area contributed by atoms with Gasteiger partial charge in [-0.05, 0) is 53.9 Å². The van der Waals surface area contributed by atoms with Crippen LogP contribution in [0.25, 0.3) is 5.76 Å². The summed E-state index contributed by atoms with van der Waals surface area (Å²) < 4.78 is 11.8. The highest BCUT2D eigenvalue weighted by molar-refractivity contribution is 9.10. The first-order valence-corrected chi connectivity index (χ1v) is 12.1. The second-order valence-corrected chi connectivity index (χ2v) is 9.11. The van der Waals surface area contributed by atoms with Crippen molar-refractivity contribution in [2.24, 2.45) is 0 Å². The van der Waals surface area contributed by atoms with Crippen LogP contribution < -0.4 is 4.74 Å². The lowest BCUT2D eigenvalue weighted by Crippen LogP contribution is -2.31. The maximum Gasteiger partial charge on any atom is 0.295 e. The van der Waals surface area contributed by atoms with Crippen molar-refractivity contribution in [3.63, 3.8) is 0 Å². The van der Waals surface area contributed by atoms with Crippen molar-refractivity contribution < 1.29 is 24.2 Å². The Morgan fingerprint density at radius 2 is 1.74 bits per heavy atom. The van der Waals surface area contributed by atoms with Gasteiger partial charge in [0.15, 0.2) is 0 Å². The zero-order chi connectivity index (χ0) is 24.8. The molecule has 1 aliphatic heterocycles. The predicted molar refractivity (Wildman–Crippen MR) is 137 cm³/mol. The first-order chi connectivity index (χ1) is 17.0. The number of methoxy groups -OCH3 is 1. The van der Waals surface area contributed by atoms with Crippen molar-refractivity contribution in [1.29, 1.82) is 0 Å². The molecule has 0 aliphatic carbocycles. The summed E-state index contributed by atoms with van der Waals surface area (Å²) >= 11 is 3.46. The van der Waals surface area contributed by atoms with E-state index in [9.17, 15) is 14.7 Å². The van der Waals surface area contributed by atoms with Crippen molar-refractivity contribution in [3.05, 3.63) is 106 Å². The lowest BCUT2D eigenvalue weighted by molar-refractivity contribution is -0.140. The summed E-state index contributed by atoms with van der Waals surface area (Å²) in [5, 5.41) is 11.2. The Kier molecular flexibility index (Phi) is 8.00. The zero-order valence-corrected chi connectivity index (χ0v) is 20.9. The molecule has 0 radical (unpaired) electrons. The number of aliphatic hydroxyl groups is 1. The number of ketones is 1. The maximum absolute atomic E-state index is 13.1. The second-order valence-electron chi connectivity index (χ2n) is 8.19. The van der Waals surface area contributed by atoms with Gasteiger partial charge in [0, 0.05) is 30.3 Å². The molecule has 0 bridgehead atoms. The Labute approximate surface area is 212 Å². The average molecular weight is 536 g/mol. The first kappa shape index (κ1) is 24.7. The van der Waals surface area contributed by atoms with E-state index >= 15 is 0 Å². The van der Waals surface area contributed by atoms with Crippen molar-refractivity contribution >= 4 is 33.4 Å². The SMILES string of the molecule is COCCCN1C(=O)C(=O)/C(=C(/O)c2ccc(OCc3ccccc3)cc2)C1c1cccc(Br)c1. The van der Waals surface area contributed by atoms with E-state index in [2.05, 4.69) is 15.9 Å². The number of ether oxygens (including phenoxy) is 2. The number of likely N-dealkylation sites (tertiary alicyclic amines) is 1. The van der Waals surface area contributed by atoms with Gasteiger partial charge in [-0.15, -0.1) is 0 Å². The summed E-state index contributed by atoms with van der Waals surface area (Å²) in [7, 11) is 1.59. The highest BCUT2D eigenvalue weighted by atomic mass is 79.9. The normalized spacial score (nSPS) is 17.1. The van der Waals surface area contributed by atoms with Gasteiger partial charge in [0.25, 0.3) is 11.7 Å². The van der Waals surface area contributed by atoms with Gasteiger partial charge in [0.05, 0.1) is 11.6 Å². The van der Waals surface area contributed by atoms with E-state index in [4.69, 9.17) is 9.47 Å². The molecule has 180 valence electrons. The summed E-state index contributed by atoms with van der Waals surface area (Å²) in [5.41, 5.74) is 2.29. The number of hydrogen-bond donors (Lipinski definition) is 1. The number of carbonyl (C=O) groups excluding carboxylic acids is 2. The molecule has 7 heteroatoms. The zero-order valence-electron chi connectivity index (χ0n) is 19.3. The monoisotopic (exact) mass is 535 g/mol. The van der Waals surface area contributed by atoms with E-state index in [-0.39, 0.29) is 11.3 Å². The van der Waals surface area contributed by atoms with E-state index in [1.165, 1.54) is 4.90 Å². The van der Waals surface area contributed by atoms with Crippen LogP contribution in [0.1, 0.15) is 29.2 Å². The van der Waals surface area contributed by atoms with Crippen LogP contribution in [0.3, 0.4) is 0 Å². The molecule has 0 saturated carbocycles. The van der Waals surface area contributed by atoms with Gasteiger partial charge in [0.2, 0.25) is 0 Å². The molecule has 1 saturated heterocycles. The molecule has 1 unspecified atom stereocenters. The summed E-state index contributed by atoms with van der Waals surface area (Å²) in [4.78, 5) is 27.5. The van der Waals surface area contributed by atoms with Crippen LogP contribution in [-0.2, 0) is 20.9 Å². The molecule has 1 heterocycles. The fourth-order valence-electron chi connectivity index (χ4n) is 4.12. The van der Waals surface area contributed by atoms with Crippen LogP contribution in [0.5, 0.6) is 5.75 Å². The third-order valence-electron chi connectivity index (χ3n) is 5.83. The number of benzene rings is 3. The second kappa shape index (κ2) is 11.3. The number of Topliss-reactive ketones (excluding diaryl/α,β-unsaturated/α-hetero) is 1. The minimum absolute atomic E-state index is 0.0727. The lowest BCUT2D eigenvalue weighted by atomic mass is 9.95. The molecule has 0 spiro atoms. The fourth-order valence-corrected chi connectivity index (χ4v) is 4.54. The smallest absolute Gasteiger partial charge is 0.295 e. The lowest BCUT2D eigenvalue weighted by Gasteiger charge is -2.25. The number of hydrogen-bond acceptors (Lipinski definition) is 5. The number of carbonyl (C=O) groups is 2. The molecule has 35 heavy (non-hydrogen) atoms. The average Bonchev–Trinajstić information content (AvgIpc) is 3.13. The summed E-state index contributed by atoms with van der Waals surface area (Å²) in [6.45, 7) is 1.21. The number of amides is 1. The number of aliphatic hydroxyl groups excluding tert-OH is 1. The molecular formula is C28H26BrNO5. The Morgan fingerprint density at radius 1 is 1.00 bits per heavy atom. The van der Waals surface area contributed by atoms with Crippen molar-refractivity contribution in [3.8, 4) is 5.75 Å². The molecule has 1 aliphatic rings. The molecule has 1 amide bonds. The Hall–Kier alpha value is -3.42. The van der Waals surface area contributed by atoms with Gasteiger partial charge in [0.1, 0.15) is 18.1 Å². The summed E-state index contributed by atoms with van der Waals surface area (Å²) in [6, 6.07) is 23.4. The Bertz CT molecular complexity index is 1220. The minimum atomic E-state index is -0.700. The third-order valence-corrected chi connectivity index (χ3v) is 6.32. The van der Waals surface area contributed by atoms with Crippen molar-refractivity contribution in [2.45, 2.75) is 19.1 Å². The molecular weight excluding hydrogens is 510 g/mol. The molecule has 6 nitrogen and oxygen atoms in total. The largest absolute Gasteiger partial charge is 0.507 e. The maximum atomic E-state index is 13.1. The van der Waals surface area contributed by atoms with Crippen LogP contribution in [0.2, 0.25) is 0 Å². The van der Waals surface area contributed by atoms with E-state index < -0.39 is 17.7 Å². The van der Waals surface area contributed by atoms with E-state index in [0.717, 1.165) is 15.6 Å². The molecule has 1 N–H and O–H groups in total. The molecule has 3 aromatic carbocycles. The third kappa shape index (κ3) is 5.63. The number of rotatable bonds is 9. The molecule has 1 fully saturated rings. The minimum Gasteiger partial charge on any atom is -0.507 e. The van der Waals surface area contributed by atoms with Gasteiger partial charge in [-0.3, -0.25) is 9.59 Å². The van der Waals surface area contributed by atoms with Gasteiger partial charge < -0.3 is 19.5 Å². The van der Waals surface area contributed by atoms with E-state index in [1.807, 2.05) is 54.6 Å². The standard InChI is InChI=1S/C28H26BrNO5/c1-34-16-6-15-30-25(21-9-5-10-22(29)17-21)24(27(32)28(30)33)26(31)20-11-13-23(14-12-20)35-18-19-7-3-2-4-8-19/h2-5,7-14,17,25,31H,6,15-16,18H2,1H3/b26-24+. The highest BCUT2D eigenvalue weighted by Gasteiger charge is 2.45. The van der Waals surface area contributed by atoms with E-state index in [1.54, 1.807) is 31.4 Å². The number of halogens is 1. The number of nitrogens with zero attached hydrogens (tertiary/aromatic N) is 1. The topological polar surface area (TPSA) is 76.1 Å². The first-order valence-electron chi connectivity index (χ1n) is 11.3. The molecule has 0 aromatic heterocycles. The quantitative estimate of drug-likeness (QED) is 0.170. The molecule has 1 atom stereocenters. The van der Waals surface area contributed by atoms with Crippen LogP contribution >= 0.6 is 15.9 Å². The van der Waals surface area contributed by atoms with Gasteiger partial charge in [-0.25, -0.2) is 0 Å². The predicted octanol–water partition coefficient (Wildman–Crippen LogP) is 5.49. The van der Waals surface area contributed by atoms with Crippen molar-refractivity contribution in [2.75, 3.05) is 20.3 Å². The van der Waals surface area contributed by atoms with E-state index in [0.29, 0.717) is 37.5 Å². The Morgan fingerprint density at radius 3 is 2.43 bits per heavy atom. The highest BCUT2D eigenvalue weighted by Crippen LogP contribution is 2.40. The Balaban J connectivity index is 1.64. The van der Waals surface area contributed by atoms with Crippen molar-refractivity contribution in [1.82, 2.24) is 4.90 Å². The molecule has 4 rings (SSSR count). The fraction of sp³-hybridized carbons (Fsp3) is 0.214. The van der Waals surface area contributed by atoms with Crippen LogP contribution in [0.4, 0.5) is 0 Å². The van der Waals surface area contributed by atoms with Crippen LogP contribution in [0, 0.1) is 0 Å². The van der Waals surface area contributed by atoms with Crippen LogP contribution in [0.15, 0.2) is 88.9 Å². The summed E-state index contributed by atoms with van der Waals surface area (Å²) in [6.07, 6.45) is 0.571. The van der Waals surface area contributed by atoms with Crippen LogP contribution in [-0.4, -0.2) is 42.0 Å².